The summed E-state index contributed by atoms with van der Waals surface area (Å²) in [5.41, 5.74) is 1.10. The van der Waals surface area contributed by atoms with E-state index in [1.165, 1.54) is 12.8 Å². The second-order valence-electron chi connectivity index (χ2n) is 7.71. The van der Waals surface area contributed by atoms with Gasteiger partial charge in [-0.15, -0.1) is 0 Å². The van der Waals surface area contributed by atoms with Gasteiger partial charge in [-0.2, -0.15) is 0 Å². The van der Waals surface area contributed by atoms with E-state index in [0.717, 1.165) is 50.8 Å². The molecule has 4 nitrogen and oxygen atoms in total. The third-order valence-electron chi connectivity index (χ3n) is 5.98. The van der Waals surface area contributed by atoms with Crippen LogP contribution in [0, 0.1) is 5.92 Å². The Bertz CT molecular complexity index is 585. The highest BCUT2D eigenvalue weighted by Crippen LogP contribution is 2.27. The zero-order chi connectivity index (χ0) is 18.4. The number of hydrogen-bond donors (Lipinski definition) is 0. The predicted octanol–water partition coefficient (Wildman–Crippen LogP) is 3.82. The SMILES string of the molecule is CC[C@H](C(=O)N1CCC(C(=O)N2CCCCCC2)CC1)c1ccccc1. The van der Waals surface area contributed by atoms with Gasteiger partial charge in [0.15, 0.2) is 0 Å². The fourth-order valence-electron chi connectivity index (χ4n) is 4.35. The number of piperidine rings is 1. The molecule has 1 atom stereocenters. The summed E-state index contributed by atoms with van der Waals surface area (Å²) >= 11 is 0. The minimum absolute atomic E-state index is 0.0611. The first kappa shape index (κ1) is 18.9. The molecule has 1 aromatic rings. The molecule has 2 aliphatic rings. The maximum absolute atomic E-state index is 13.0. The summed E-state index contributed by atoms with van der Waals surface area (Å²) in [6.07, 6.45) is 7.20. The molecule has 0 N–H and O–H groups in total. The third kappa shape index (κ3) is 4.46. The molecule has 3 rings (SSSR count). The van der Waals surface area contributed by atoms with E-state index in [-0.39, 0.29) is 17.7 Å². The second-order valence-corrected chi connectivity index (χ2v) is 7.71. The lowest BCUT2D eigenvalue weighted by atomic mass is 9.91. The van der Waals surface area contributed by atoms with Crippen LogP contribution < -0.4 is 0 Å². The Kier molecular flexibility index (Phi) is 6.70. The number of likely N-dealkylation sites (tertiary alicyclic amines) is 2. The number of carbonyl (C=O) groups is 2. The summed E-state index contributed by atoms with van der Waals surface area (Å²) in [5, 5.41) is 0. The molecule has 2 amide bonds. The van der Waals surface area contributed by atoms with E-state index in [1.54, 1.807) is 0 Å². The van der Waals surface area contributed by atoms with Crippen LogP contribution in [0.5, 0.6) is 0 Å². The van der Waals surface area contributed by atoms with E-state index in [1.807, 2.05) is 35.2 Å². The molecule has 0 radical (unpaired) electrons. The molecule has 0 saturated carbocycles. The molecule has 1 aromatic carbocycles. The molecular weight excluding hydrogens is 324 g/mol. The average Bonchev–Trinajstić information content (AvgIpc) is 2.98. The Balaban J connectivity index is 1.55. The first-order valence-electron chi connectivity index (χ1n) is 10.3. The molecule has 4 heteroatoms. The minimum atomic E-state index is -0.0611. The fourth-order valence-corrected chi connectivity index (χ4v) is 4.35. The molecule has 26 heavy (non-hydrogen) atoms. The summed E-state index contributed by atoms with van der Waals surface area (Å²) < 4.78 is 0. The van der Waals surface area contributed by atoms with Crippen molar-refractivity contribution in [3.8, 4) is 0 Å². The van der Waals surface area contributed by atoms with E-state index < -0.39 is 0 Å². The third-order valence-corrected chi connectivity index (χ3v) is 5.98. The van der Waals surface area contributed by atoms with Gasteiger partial charge in [0, 0.05) is 32.1 Å². The number of hydrogen-bond acceptors (Lipinski definition) is 2. The van der Waals surface area contributed by atoms with Crippen LogP contribution in [0.4, 0.5) is 0 Å². The largest absolute Gasteiger partial charge is 0.342 e. The van der Waals surface area contributed by atoms with E-state index in [9.17, 15) is 9.59 Å². The van der Waals surface area contributed by atoms with E-state index in [2.05, 4.69) is 11.8 Å². The van der Waals surface area contributed by atoms with Gasteiger partial charge in [-0.1, -0.05) is 50.1 Å². The quantitative estimate of drug-likeness (QED) is 0.823. The van der Waals surface area contributed by atoms with Crippen LogP contribution >= 0.6 is 0 Å². The molecule has 2 saturated heterocycles. The van der Waals surface area contributed by atoms with Crippen molar-refractivity contribution in [1.29, 1.82) is 0 Å². The van der Waals surface area contributed by atoms with Crippen molar-refractivity contribution in [2.45, 2.75) is 57.8 Å². The van der Waals surface area contributed by atoms with Crippen LogP contribution in [0.3, 0.4) is 0 Å². The number of amides is 2. The van der Waals surface area contributed by atoms with Crippen LogP contribution in [0.25, 0.3) is 0 Å². The monoisotopic (exact) mass is 356 g/mol. The fraction of sp³-hybridized carbons (Fsp3) is 0.636. The summed E-state index contributed by atoms with van der Waals surface area (Å²) in [6, 6.07) is 10.1. The van der Waals surface area contributed by atoms with Crippen molar-refractivity contribution in [3.05, 3.63) is 35.9 Å². The molecule has 0 bridgehead atoms. The highest BCUT2D eigenvalue weighted by Gasteiger charge is 2.32. The second kappa shape index (κ2) is 9.20. The van der Waals surface area contributed by atoms with Crippen LogP contribution in [0.1, 0.15) is 63.4 Å². The van der Waals surface area contributed by atoms with E-state index in [0.29, 0.717) is 19.0 Å². The summed E-state index contributed by atoms with van der Waals surface area (Å²) in [5.74, 6) is 0.594. The molecule has 142 valence electrons. The topological polar surface area (TPSA) is 40.6 Å². The first-order chi connectivity index (χ1) is 12.7. The van der Waals surface area contributed by atoms with Gasteiger partial charge in [0.05, 0.1) is 5.92 Å². The standard InChI is InChI=1S/C22H32N2O2/c1-2-20(18-10-6-5-7-11-18)22(26)24-16-12-19(13-17-24)21(25)23-14-8-3-4-9-15-23/h5-7,10-11,19-20H,2-4,8-9,12-17H2,1H3/t20-/m0/s1. The molecule has 0 aliphatic carbocycles. The van der Waals surface area contributed by atoms with Gasteiger partial charge in [-0.25, -0.2) is 0 Å². The summed E-state index contributed by atoms with van der Waals surface area (Å²) in [6.45, 7) is 5.35. The van der Waals surface area contributed by atoms with Gasteiger partial charge >= 0.3 is 0 Å². The molecule has 2 aliphatic heterocycles. The summed E-state index contributed by atoms with van der Waals surface area (Å²) in [7, 11) is 0. The molecular formula is C22H32N2O2. The van der Waals surface area contributed by atoms with Crippen molar-refractivity contribution in [2.24, 2.45) is 5.92 Å². The van der Waals surface area contributed by atoms with Gasteiger partial charge in [-0.05, 0) is 37.7 Å². The van der Waals surface area contributed by atoms with Crippen molar-refractivity contribution >= 4 is 11.8 Å². The van der Waals surface area contributed by atoms with Crippen molar-refractivity contribution in [1.82, 2.24) is 9.80 Å². The Hall–Kier alpha value is -1.84. The first-order valence-corrected chi connectivity index (χ1v) is 10.3. The lowest BCUT2D eigenvalue weighted by molar-refractivity contribution is -0.141. The van der Waals surface area contributed by atoms with Crippen LogP contribution in [-0.2, 0) is 9.59 Å². The molecule has 0 unspecified atom stereocenters. The van der Waals surface area contributed by atoms with E-state index in [4.69, 9.17) is 0 Å². The zero-order valence-electron chi connectivity index (χ0n) is 16.0. The van der Waals surface area contributed by atoms with Crippen LogP contribution in [-0.4, -0.2) is 47.8 Å². The highest BCUT2D eigenvalue weighted by atomic mass is 16.2. The van der Waals surface area contributed by atoms with Crippen LogP contribution in [0.2, 0.25) is 0 Å². The maximum atomic E-state index is 13.0. The van der Waals surface area contributed by atoms with Gasteiger partial charge in [-0.3, -0.25) is 9.59 Å². The lowest BCUT2D eigenvalue weighted by Crippen LogP contribution is -2.45. The average molecular weight is 357 g/mol. The zero-order valence-corrected chi connectivity index (χ0v) is 16.0. The number of carbonyl (C=O) groups excluding carboxylic acids is 2. The normalized spacial score (nSPS) is 20.5. The Labute approximate surface area is 157 Å². The van der Waals surface area contributed by atoms with Crippen molar-refractivity contribution in [2.75, 3.05) is 26.2 Å². The van der Waals surface area contributed by atoms with E-state index >= 15 is 0 Å². The lowest BCUT2D eigenvalue weighted by Gasteiger charge is -2.35. The number of benzene rings is 1. The predicted molar refractivity (Wildman–Crippen MR) is 104 cm³/mol. The van der Waals surface area contributed by atoms with Gasteiger partial charge < -0.3 is 9.80 Å². The smallest absolute Gasteiger partial charge is 0.230 e. The Morgan fingerprint density at radius 2 is 1.54 bits per heavy atom. The summed E-state index contributed by atoms with van der Waals surface area (Å²) in [4.78, 5) is 29.9. The number of nitrogens with zero attached hydrogens (tertiary/aromatic N) is 2. The van der Waals surface area contributed by atoms with Gasteiger partial charge in [0.25, 0.3) is 0 Å². The van der Waals surface area contributed by atoms with Crippen molar-refractivity contribution < 1.29 is 9.59 Å². The molecule has 2 fully saturated rings. The number of rotatable bonds is 4. The van der Waals surface area contributed by atoms with Crippen LogP contribution in [0.15, 0.2) is 30.3 Å². The maximum Gasteiger partial charge on any atom is 0.230 e. The van der Waals surface area contributed by atoms with Gasteiger partial charge in [0.1, 0.15) is 0 Å². The Morgan fingerprint density at radius 1 is 0.923 bits per heavy atom. The molecule has 2 heterocycles. The highest BCUT2D eigenvalue weighted by molar-refractivity contribution is 5.84. The molecule has 0 spiro atoms. The van der Waals surface area contributed by atoms with Gasteiger partial charge in [0.2, 0.25) is 11.8 Å². The Morgan fingerprint density at radius 3 is 2.12 bits per heavy atom. The van der Waals surface area contributed by atoms with Crippen molar-refractivity contribution in [3.63, 3.8) is 0 Å². The molecule has 0 aromatic heterocycles. The minimum Gasteiger partial charge on any atom is -0.342 e.